The lowest BCUT2D eigenvalue weighted by atomic mass is 9.91. The number of carbonyl (C=O) groups is 4. The molecule has 2 fully saturated rings. The Balaban J connectivity index is 1.04. The van der Waals surface area contributed by atoms with Gasteiger partial charge in [0.1, 0.15) is 17.5 Å². The quantitative estimate of drug-likeness (QED) is 0.142. The number of amides is 3. The highest BCUT2D eigenvalue weighted by atomic mass is 32.1. The number of rotatable bonds is 9. The summed E-state index contributed by atoms with van der Waals surface area (Å²) in [5, 5.41) is 11.5. The van der Waals surface area contributed by atoms with Gasteiger partial charge in [0.2, 0.25) is 11.8 Å². The maximum atomic E-state index is 13.5. The molecule has 6 rings (SSSR count). The van der Waals surface area contributed by atoms with E-state index in [0.29, 0.717) is 42.7 Å². The number of oxime groups is 1. The zero-order valence-corrected chi connectivity index (χ0v) is 25.9. The molecular weight excluding hydrogens is 594 g/mol. The summed E-state index contributed by atoms with van der Waals surface area (Å²) in [6, 6.07) is 15.4. The fourth-order valence-electron chi connectivity index (χ4n) is 6.32. The number of nitrogens with zero attached hydrogens (tertiary/aromatic N) is 2. The molecule has 12 heteroatoms. The number of nitrogens with two attached hydrogens (primary N) is 1. The molecule has 234 valence electrons. The first-order chi connectivity index (χ1) is 21.6. The predicted octanol–water partition coefficient (Wildman–Crippen LogP) is 3.51. The summed E-state index contributed by atoms with van der Waals surface area (Å²) in [5.74, 6) is 0.0862. The van der Waals surface area contributed by atoms with Gasteiger partial charge >= 0.3 is 5.97 Å². The summed E-state index contributed by atoms with van der Waals surface area (Å²) in [6.07, 6.45) is 3.47. The van der Waals surface area contributed by atoms with Gasteiger partial charge in [-0.1, -0.05) is 30.3 Å². The standard InChI is InChI=1S/C33H35N5O6S/c1-19(39)44-37-30(34)25-18-45-27-14-21(10-13-24(25)27)36-32(42)26-15-33(2)16-28(33)38(26)29(40)17-35-31(41)20-8-11-23(12-9-20)43-22-6-4-3-5-7-22/h3-9,11-12,18,21,26,28H,10,13-17H2,1-2H3,(H2,34,37)(H,35,41)(H,36,42)/t21?,26-,28-,33+/m0/s1. The topological polar surface area (TPSA) is 152 Å². The molecule has 2 heterocycles. The molecule has 45 heavy (non-hydrogen) atoms. The largest absolute Gasteiger partial charge is 0.457 e. The minimum absolute atomic E-state index is 0.00985. The van der Waals surface area contributed by atoms with Crippen LogP contribution in [0.25, 0.3) is 0 Å². The molecule has 3 aromatic rings. The van der Waals surface area contributed by atoms with E-state index >= 15 is 0 Å². The fraction of sp³-hybridized carbons (Fsp3) is 0.364. The van der Waals surface area contributed by atoms with E-state index in [-0.39, 0.29) is 47.6 Å². The predicted molar refractivity (Wildman–Crippen MR) is 168 cm³/mol. The zero-order chi connectivity index (χ0) is 31.7. The van der Waals surface area contributed by atoms with Crippen molar-refractivity contribution in [2.45, 2.75) is 64.1 Å². The molecule has 0 spiro atoms. The number of fused-ring (bicyclic) bond motifs is 2. The number of nitrogens with one attached hydrogen (secondary N) is 2. The Morgan fingerprint density at radius 2 is 1.80 bits per heavy atom. The summed E-state index contributed by atoms with van der Waals surface area (Å²) >= 11 is 1.53. The maximum Gasteiger partial charge on any atom is 0.332 e. The van der Waals surface area contributed by atoms with E-state index in [0.717, 1.165) is 22.4 Å². The second-order valence-corrected chi connectivity index (χ2v) is 13.0. The van der Waals surface area contributed by atoms with Crippen molar-refractivity contribution in [3.8, 4) is 11.5 Å². The zero-order valence-electron chi connectivity index (χ0n) is 25.1. The van der Waals surface area contributed by atoms with Gasteiger partial charge in [0, 0.05) is 46.8 Å². The molecular formula is C33H35N5O6S. The summed E-state index contributed by atoms with van der Waals surface area (Å²) in [5.41, 5.74) is 8.16. The van der Waals surface area contributed by atoms with E-state index < -0.39 is 12.0 Å². The molecule has 4 N–H and O–H groups in total. The van der Waals surface area contributed by atoms with Crippen molar-refractivity contribution in [1.29, 1.82) is 0 Å². The third-order valence-corrected chi connectivity index (χ3v) is 9.82. The number of para-hydroxylation sites is 1. The Morgan fingerprint density at radius 1 is 1.07 bits per heavy atom. The highest BCUT2D eigenvalue weighted by Crippen LogP contribution is 2.59. The van der Waals surface area contributed by atoms with Crippen LogP contribution in [0.2, 0.25) is 0 Å². The van der Waals surface area contributed by atoms with Crippen molar-refractivity contribution in [1.82, 2.24) is 15.5 Å². The van der Waals surface area contributed by atoms with Crippen LogP contribution in [0.4, 0.5) is 0 Å². The minimum Gasteiger partial charge on any atom is -0.457 e. The minimum atomic E-state index is -0.584. The lowest BCUT2D eigenvalue weighted by Crippen LogP contribution is -2.53. The number of ether oxygens (including phenoxy) is 1. The van der Waals surface area contributed by atoms with Crippen molar-refractivity contribution in [3.63, 3.8) is 0 Å². The Labute approximate surface area is 264 Å². The van der Waals surface area contributed by atoms with Gasteiger partial charge in [0.15, 0.2) is 5.84 Å². The smallest absolute Gasteiger partial charge is 0.332 e. The lowest BCUT2D eigenvalue weighted by Gasteiger charge is -2.30. The number of carbonyl (C=O) groups excluding carboxylic acids is 4. The molecule has 3 aliphatic rings. The Morgan fingerprint density at radius 3 is 2.53 bits per heavy atom. The van der Waals surface area contributed by atoms with Crippen LogP contribution in [0, 0.1) is 5.41 Å². The fourth-order valence-corrected chi connectivity index (χ4v) is 7.49. The number of likely N-dealkylation sites (tertiary alicyclic amines) is 1. The Kier molecular flexibility index (Phi) is 8.32. The van der Waals surface area contributed by atoms with Gasteiger partial charge in [0.05, 0.1) is 6.54 Å². The second kappa shape index (κ2) is 12.4. The van der Waals surface area contributed by atoms with Gasteiger partial charge in [-0.15, -0.1) is 11.3 Å². The first kappa shape index (κ1) is 30.3. The third kappa shape index (κ3) is 6.56. The van der Waals surface area contributed by atoms with Crippen LogP contribution in [0.1, 0.15) is 59.5 Å². The number of hydrogen-bond donors (Lipinski definition) is 3. The molecule has 4 atom stereocenters. The molecule has 1 saturated carbocycles. The van der Waals surface area contributed by atoms with Crippen LogP contribution in [-0.4, -0.2) is 59.1 Å². The van der Waals surface area contributed by atoms with Crippen molar-refractivity contribution < 1.29 is 28.8 Å². The van der Waals surface area contributed by atoms with E-state index in [1.54, 1.807) is 29.2 Å². The van der Waals surface area contributed by atoms with Crippen molar-refractivity contribution in [2.75, 3.05) is 6.54 Å². The van der Waals surface area contributed by atoms with Crippen LogP contribution < -0.4 is 21.1 Å². The van der Waals surface area contributed by atoms with E-state index in [4.69, 9.17) is 10.5 Å². The molecule has 0 radical (unpaired) electrons. The van der Waals surface area contributed by atoms with Crippen molar-refractivity contribution in [3.05, 3.63) is 81.5 Å². The average molecular weight is 630 g/mol. The Hall–Kier alpha value is -4.71. The third-order valence-electron chi connectivity index (χ3n) is 8.77. The molecule has 2 aromatic carbocycles. The SMILES string of the molecule is CC(=O)O/N=C(\N)c1csc2c1CCC(NC(=O)[C@@H]1C[C@]3(C)C[C@@H]3N1C(=O)CNC(=O)c1ccc(Oc3ccccc3)cc1)C2. The van der Waals surface area contributed by atoms with Gasteiger partial charge in [-0.25, -0.2) is 4.79 Å². The molecule has 1 saturated heterocycles. The number of amidine groups is 1. The molecule has 1 aliphatic heterocycles. The number of thiophene rings is 1. The molecule has 2 aliphatic carbocycles. The Bertz CT molecular complexity index is 1660. The highest BCUT2D eigenvalue weighted by molar-refractivity contribution is 7.10. The molecule has 1 unspecified atom stereocenters. The number of benzene rings is 2. The average Bonchev–Trinajstić information content (AvgIpc) is 3.35. The van der Waals surface area contributed by atoms with Gasteiger partial charge in [-0.05, 0) is 73.1 Å². The summed E-state index contributed by atoms with van der Waals surface area (Å²) < 4.78 is 5.78. The van der Waals surface area contributed by atoms with Crippen molar-refractivity contribution >= 4 is 40.9 Å². The van der Waals surface area contributed by atoms with Crippen LogP contribution in [0.15, 0.2) is 65.1 Å². The monoisotopic (exact) mass is 629 g/mol. The van der Waals surface area contributed by atoms with E-state index in [2.05, 4.69) is 27.6 Å². The first-order valence-electron chi connectivity index (χ1n) is 14.9. The maximum absolute atomic E-state index is 13.5. The van der Waals surface area contributed by atoms with E-state index in [9.17, 15) is 19.2 Å². The number of hydrogen-bond acceptors (Lipinski definition) is 8. The van der Waals surface area contributed by atoms with E-state index in [1.807, 2.05) is 35.7 Å². The van der Waals surface area contributed by atoms with Crippen LogP contribution >= 0.6 is 11.3 Å². The van der Waals surface area contributed by atoms with Crippen LogP contribution in [0.5, 0.6) is 11.5 Å². The van der Waals surface area contributed by atoms with Crippen LogP contribution in [0.3, 0.4) is 0 Å². The van der Waals surface area contributed by atoms with Gasteiger partial charge in [0.25, 0.3) is 5.91 Å². The van der Waals surface area contributed by atoms with Gasteiger partial charge in [-0.3, -0.25) is 14.4 Å². The van der Waals surface area contributed by atoms with Gasteiger partial charge < -0.3 is 30.8 Å². The first-order valence-corrected chi connectivity index (χ1v) is 15.8. The van der Waals surface area contributed by atoms with Crippen molar-refractivity contribution in [2.24, 2.45) is 16.3 Å². The number of piperidine rings is 1. The molecule has 0 bridgehead atoms. The van der Waals surface area contributed by atoms with E-state index in [1.165, 1.54) is 18.3 Å². The summed E-state index contributed by atoms with van der Waals surface area (Å²) in [6.45, 7) is 3.17. The highest BCUT2D eigenvalue weighted by Gasteiger charge is 2.64. The second-order valence-electron chi connectivity index (χ2n) is 12.1. The molecule has 11 nitrogen and oxygen atoms in total. The lowest BCUT2D eigenvalue weighted by molar-refractivity contribution is -0.141. The summed E-state index contributed by atoms with van der Waals surface area (Å²) in [7, 11) is 0. The molecule has 1 aromatic heterocycles. The summed E-state index contributed by atoms with van der Waals surface area (Å²) in [4.78, 5) is 58.3. The molecule has 3 amide bonds. The van der Waals surface area contributed by atoms with Gasteiger partial charge in [-0.2, -0.15) is 0 Å². The normalized spacial score (nSPS) is 23.4. The van der Waals surface area contributed by atoms with Crippen LogP contribution in [-0.2, 0) is 32.1 Å².